The number of nitrogens with zero attached hydrogens (tertiary/aromatic N) is 4. The van der Waals surface area contributed by atoms with E-state index in [2.05, 4.69) is 20.0 Å². The van der Waals surface area contributed by atoms with Crippen LogP contribution in [0.3, 0.4) is 0 Å². The molecule has 3 atom stereocenters. The van der Waals surface area contributed by atoms with Crippen molar-refractivity contribution in [2.75, 3.05) is 12.1 Å². The van der Waals surface area contributed by atoms with Crippen molar-refractivity contribution >= 4 is 30.5 Å². The van der Waals surface area contributed by atoms with Gasteiger partial charge in [-0.2, -0.15) is 0 Å². The van der Waals surface area contributed by atoms with Crippen molar-refractivity contribution in [2.24, 2.45) is 0 Å². The van der Waals surface area contributed by atoms with E-state index in [9.17, 15) is 9.36 Å². The Labute approximate surface area is 176 Å². The molecular formula is C18H31N6O5P. The summed E-state index contributed by atoms with van der Waals surface area (Å²) in [5.41, 5.74) is 6.90. The van der Waals surface area contributed by atoms with Crippen LogP contribution < -0.4 is 10.8 Å². The van der Waals surface area contributed by atoms with E-state index in [0.29, 0.717) is 23.5 Å². The van der Waals surface area contributed by atoms with E-state index in [1.807, 2.05) is 6.92 Å². The highest BCUT2D eigenvalue weighted by Gasteiger charge is 2.31. The molecule has 0 spiro atoms. The van der Waals surface area contributed by atoms with Crippen LogP contribution in [0.15, 0.2) is 12.7 Å². The minimum Gasteiger partial charge on any atom is -0.462 e. The smallest absolute Gasteiger partial charge is 0.323 e. The largest absolute Gasteiger partial charge is 0.462 e. The highest BCUT2D eigenvalue weighted by molar-refractivity contribution is 7.56. The lowest BCUT2D eigenvalue weighted by atomic mass is 10.4. The first-order valence-electron chi connectivity index (χ1n) is 9.79. The molecule has 0 aromatic carbocycles. The number of ether oxygens (including phenoxy) is 2. The van der Waals surface area contributed by atoms with E-state index in [1.165, 1.54) is 6.33 Å². The van der Waals surface area contributed by atoms with Crippen molar-refractivity contribution in [2.45, 2.75) is 72.4 Å². The molecule has 11 nitrogen and oxygen atoms in total. The van der Waals surface area contributed by atoms with Crippen molar-refractivity contribution in [3.63, 3.8) is 0 Å². The number of esters is 1. The Morgan fingerprint density at radius 2 is 1.87 bits per heavy atom. The van der Waals surface area contributed by atoms with Crippen LogP contribution in [0.4, 0.5) is 5.82 Å². The molecule has 0 radical (unpaired) electrons. The summed E-state index contributed by atoms with van der Waals surface area (Å²) in [6, 6.07) is -0.812. The molecule has 0 saturated carbocycles. The van der Waals surface area contributed by atoms with Crippen molar-refractivity contribution in [1.29, 1.82) is 0 Å². The molecule has 3 N–H and O–H groups in total. The lowest BCUT2D eigenvalue weighted by molar-refractivity contribution is -0.149. The predicted octanol–water partition coefficient (Wildman–Crippen LogP) is 2.32. The highest BCUT2D eigenvalue weighted by Crippen LogP contribution is 2.44. The number of fused-ring (bicyclic) bond motifs is 1. The van der Waals surface area contributed by atoms with Gasteiger partial charge in [-0.25, -0.2) is 20.0 Å². The zero-order valence-corrected chi connectivity index (χ0v) is 19.1. The second kappa shape index (κ2) is 10.3. The van der Waals surface area contributed by atoms with E-state index in [-0.39, 0.29) is 24.7 Å². The Morgan fingerprint density at radius 1 is 1.17 bits per heavy atom. The van der Waals surface area contributed by atoms with Gasteiger partial charge in [0.2, 0.25) is 0 Å². The fourth-order valence-corrected chi connectivity index (χ4v) is 4.73. The maximum atomic E-state index is 13.3. The van der Waals surface area contributed by atoms with Gasteiger partial charge >= 0.3 is 5.97 Å². The van der Waals surface area contributed by atoms with E-state index >= 15 is 0 Å². The molecule has 1 unspecified atom stereocenters. The molecule has 168 valence electrons. The van der Waals surface area contributed by atoms with Crippen LogP contribution in [0.2, 0.25) is 0 Å². The maximum absolute atomic E-state index is 13.3. The third kappa shape index (κ3) is 6.73. The quantitative estimate of drug-likeness (QED) is 0.393. The molecule has 2 aromatic rings. The van der Waals surface area contributed by atoms with Gasteiger partial charge in [0.05, 0.1) is 31.2 Å². The predicted molar refractivity (Wildman–Crippen MR) is 113 cm³/mol. The second-order valence-electron chi connectivity index (χ2n) is 7.60. The molecule has 0 fully saturated rings. The molecule has 0 amide bonds. The van der Waals surface area contributed by atoms with Crippen LogP contribution in [0, 0.1) is 0 Å². The number of hydrogen-bond donors (Lipinski definition) is 2. The molecule has 2 rings (SSSR count). The summed E-state index contributed by atoms with van der Waals surface area (Å²) in [6.07, 6.45) is 1.81. The summed E-state index contributed by atoms with van der Waals surface area (Å²) in [4.78, 5) is 24.4. The number of nitrogen functional groups attached to an aromatic ring is 1. The SMILES string of the molecule is CC(C)OC(=O)[C@H](C)NP(=O)(CO[C@H](C)Cn1cnc2c(N)ncnc21)OC(C)C. The van der Waals surface area contributed by atoms with E-state index in [1.54, 1.807) is 45.5 Å². The molecule has 0 saturated heterocycles. The van der Waals surface area contributed by atoms with E-state index in [4.69, 9.17) is 19.7 Å². The number of carbonyl (C=O) groups is 1. The van der Waals surface area contributed by atoms with E-state index < -0.39 is 19.5 Å². The van der Waals surface area contributed by atoms with Crippen LogP contribution in [-0.2, 0) is 29.9 Å². The Kier molecular flexibility index (Phi) is 8.31. The number of hydrogen-bond acceptors (Lipinski definition) is 9. The molecule has 2 aromatic heterocycles. The molecule has 2 heterocycles. The number of carbonyl (C=O) groups excluding carboxylic acids is 1. The first-order chi connectivity index (χ1) is 14.0. The van der Waals surface area contributed by atoms with Crippen molar-refractivity contribution in [3.8, 4) is 0 Å². The third-order valence-electron chi connectivity index (χ3n) is 3.89. The first-order valence-corrected chi connectivity index (χ1v) is 11.6. The average molecular weight is 442 g/mol. The molecule has 0 aliphatic rings. The van der Waals surface area contributed by atoms with Crippen LogP contribution in [-0.4, -0.2) is 56.2 Å². The van der Waals surface area contributed by atoms with Crippen molar-refractivity contribution in [3.05, 3.63) is 12.7 Å². The Hall–Kier alpha value is -2.07. The zero-order valence-electron chi connectivity index (χ0n) is 18.2. The molecular weight excluding hydrogens is 411 g/mol. The standard InChI is InChI=1S/C18H31N6O5P/c1-11(2)28-18(25)14(6)23-30(26,29-12(3)4)10-27-13(5)7-24-9-22-15-16(19)20-8-21-17(15)24/h8-9,11-14H,7,10H2,1-6H3,(H,23,26)(H2,19,20,21)/t13-,14+,30?/m1/s1. The van der Waals surface area contributed by atoms with Gasteiger partial charge in [0, 0.05) is 0 Å². The maximum Gasteiger partial charge on any atom is 0.323 e. The van der Waals surface area contributed by atoms with Crippen molar-refractivity contribution in [1.82, 2.24) is 24.6 Å². The monoisotopic (exact) mass is 442 g/mol. The van der Waals surface area contributed by atoms with Crippen molar-refractivity contribution < 1.29 is 23.4 Å². The summed E-state index contributed by atoms with van der Waals surface area (Å²) in [6.45, 7) is 10.8. The summed E-state index contributed by atoms with van der Waals surface area (Å²) < 4.78 is 31.6. The molecule has 0 aliphatic heterocycles. The van der Waals surface area contributed by atoms with Gasteiger partial charge in [-0.15, -0.1) is 0 Å². The number of aromatic nitrogens is 4. The number of imidazole rings is 1. The Balaban J connectivity index is 2.02. The van der Waals surface area contributed by atoms with Crippen LogP contribution >= 0.6 is 7.52 Å². The minimum atomic E-state index is -3.47. The lowest BCUT2D eigenvalue weighted by Crippen LogP contribution is -2.36. The van der Waals surface area contributed by atoms with Crippen LogP contribution in [0.1, 0.15) is 41.5 Å². The third-order valence-corrected chi connectivity index (χ3v) is 5.92. The van der Waals surface area contributed by atoms with Crippen LogP contribution in [0.5, 0.6) is 0 Å². The molecule has 12 heteroatoms. The van der Waals surface area contributed by atoms with Gasteiger partial charge < -0.3 is 24.3 Å². The normalized spacial score (nSPS) is 16.0. The average Bonchev–Trinajstić information content (AvgIpc) is 3.03. The van der Waals surface area contributed by atoms with Crippen LogP contribution in [0.25, 0.3) is 11.2 Å². The van der Waals surface area contributed by atoms with E-state index in [0.717, 1.165) is 0 Å². The summed E-state index contributed by atoms with van der Waals surface area (Å²) in [5.74, 6) is -0.207. The number of anilines is 1. The molecule has 30 heavy (non-hydrogen) atoms. The fourth-order valence-electron chi connectivity index (χ4n) is 2.71. The second-order valence-corrected chi connectivity index (χ2v) is 9.67. The van der Waals surface area contributed by atoms with Gasteiger partial charge in [0.1, 0.15) is 24.2 Å². The Morgan fingerprint density at radius 3 is 2.50 bits per heavy atom. The Bertz CT molecular complexity index is 902. The zero-order chi connectivity index (χ0) is 22.5. The van der Waals surface area contributed by atoms with Gasteiger partial charge in [0.15, 0.2) is 11.5 Å². The molecule has 0 bridgehead atoms. The minimum absolute atomic E-state index is 0.213. The van der Waals surface area contributed by atoms with Gasteiger partial charge in [-0.3, -0.25) is 9.36 Å². The highest BCUT2D eigenvalue weighted by atomic mass is 31.2. The summed E-state index contributed by atoms with van der Waals surface area (Å²) in [5, 5.41) is 2.76. The fraction of sp³-hybridized carbons (Fsp3) is 0.667. The molecule has 0 aliphatic carbocycles. The number of nitrogens with two attached hydrogens (primary N) is 1. The lowest BCUT2D eigenvalue weighted by Gasteiger charge is -2.26. The van der Waals surface area contributed by atoms with Gasteiger partial charge in [-0.05, 0) is 41.5 Å². The number of rotatable bonds is 11. The number of nitrogens with one attached hydrogen (secondary N) is 1. The topological polar surface area (TPSA) is 143 Å². The van der Waals surface area contributed by atoms with Gasteiger partial charge in [-0.1, -0.05) is 0 Å². The van der Waals surface area contributed by atoms with Gasteiger partial charge in [0.25, 0.3) is 7.52 Å². The first kappa shape index (κ1) is 24.2. The summed E-state index contributed by atoms with van der Waals surface area (Å²) in [7, 11) is -3.47. The summed E-state index contributed by atoms with van der Waals surface area (Å²) >= 11 is 0.